The average molecular weight is 435 g/mol. The molecule has 0 aliphatic carbocycles. The fourth-order valence-corrected chi connectivity index (χ4v) is 4.69. The number of hydrogen-bond acceptors (Lipinski definition) is 4. The van der Waals surface area contributed by atoms with Crippen molar-refractivity contribution < 1.29 is 14.2 Å². The number of aromatic nitrogens is 1. The number of aryl methyl sites for hydroxylation is 1. The van der Waals surface area contributed by atoms with Gasteiger partial charge in [-0.3, -0.25) is 4.90 Å². The highest BCUT2D eigenvalue weighted by atomic mass is 16.5. The fraction of sp³-hybridized carbons (Fsp3) is 0.407. The van der Waals surface area contributed by atoms with E-state index in [4.69, 9.17) is 14.2 Å². The van der Waals surface area contributed by atoms with Crippen molar-refractivity contribution in [3.63, 3.8) is 0 Å². The van der Waals surface area contributed by atoms with Crippen LogP contribution >= 0.6 is 0 Å². The first-order valence-electron chi connectivity index (χ1n) is 11.3. The van der Waals surface area contributed by atoms with Crippen LogP contribution in [0.3, 0.4) is 0 Å². The van der Waals surface area contributed by atoms with Gasteiger partial charge in [-0.2, -0.15) is 0 Å². The molecule has 0 saturated heterocycles. The van der Waals surface area contributed by atoms with Gasteiger partial charge in [0, 0.05) is 31.5 Å². The van der Waals surface area contributed by atoms with E-state index < -0.39 is 0 Å². The molecule has 2 aromatic carbocycles. The van der Waals surface area contributed by atoms with Crippen molar-refractivity contribution in [3.05, 3.63) is 77.1 Å². The van der Waals surface area contributed by atoms with Gasteiger partial charge in [0.15, 0.2) is 11.5 Å². The minimum atomic E-state index is 0.0889. The number of rotatable bonds is 7. The molecule has 0 amide bonds. The maximum Gasteiger partial charge on any atom is 0.203 e. The maximum absolute atomic E-state index is 5.67. The average Bonchev–Trinajstić information content (AvgIpc) is 3.19. The molecule has 1 atom stereocenters. The van der Waals surface area contributed by atoms with Crippen molar-refractivity contribution in [2.75, 3.05) is 27.9 Å². The largest absolute Gasteiger partial charge is 0.493 e. The van der Waals surface area contributed by atoms with Crippen molar-refractivity contribution in [3.8, 4) is 17.2 Å². The molecule has 1 aliphatic rings. The molecule has 2 heterocycles. The number of hydrogen-bond donors (Lipinski definition) is 0. The second-order valence-electron chi connectivity index (χ2n) is 8.71. The van der Waals surface area contributed by atoms with Gasteiger partial charge in [-0.05, 0) is 53.3 Å². The van der Waals surface area contributed by atoms with Gasteiger partial charge in [-0.25, -0.2) is 0 Å². The second-order valence-corrected chi connectivity index (χ2v) is 8.71. The van der Waals surface area contributed by atoms with Crippen LogP contribution in [0.25, 0.3) is 0 Å². The molecule has 3 aromatic rings. The lowest BCUT2D eigenvalue weighted by Gasteiger charge is -2.31. The lowest BCUT2D eigenvalue weighted by atomic mass is 9.98. The highest BCUT2D eigenvalue weighted by molar-refractivity contribution is 5.55. The van der Waals surface area contributed by atoms with Gasteiger partial charge < -0.3 is 18.8 Å². The first-order valence-corrected chi connectivity index (χ1v) is 11.3. The molecule has 1 aromatic heterocycles. The summed E-state index contributed by atoms with van der Waals surface area (Å²) in [6.45, 7) is 7.38. The van der Waals surface area contributed by atoms with E-state index in [9.17, 15) is 0 Å². The minimum Gasteiger partial charge on any atom is -0.493 e. The van der Waals surface area contributed by atoms with Crippen molar-refractivity contribution in [2.24, 2.45) is 0 Å². The van der Waals surface area contributed by atoms with E-state index in [1.807, 2.05) is 0 Å². The Hall–Kier alpha value is -2.92. The Bertz CT molecular complexity index is 1010. The second kappa shape index (κ2) is 9.70. The van der Waals surface area contributed by atoms with Crippen LogP contribution in [0.4, 0.5) is 0 Å². The molecule has 5 nitrogen and oxygen atoms in total. The summed E-state index contributed by atoms with van der Waals surface area (Å²) in [4.78, 5) is 2.56. The Kier molecular flexibility index (Phi) is 6.75. The fourth-order valence-electron chi connectivity index (χ4n) is 4.69. The van der Waals surface area contributed by atoms with E-state index in [1.165, 1.54) is 16.8 Å². The summed E-state index contributed by atoms with van der Waals surface area (Å²) in [5.41, 5.74) is 5.13. The van der Waals surface area contributed by atoms with Crippen LogP contribution in [-0.2, 0) is 13.1 Å². The lowest BCUT2D eigenvalue weighted by Crippen LogP contribution is -2.29. The van der Waals surface area contributed by atoms with Gasteiger partial charge in [0.25, 0.3) is 0 Å². The van der Waals surface area contributed by atoms with E-state index in [1.54, 1.807) is 21.3 Å². The van der Waals surface area contributed by atoms with Crippen LogP contribution in [0.1, 0.15) is 54.6 Å². The van der Waals surface area contributed by atoms with Crippen molar-refractivity contribution in [2.45, 2.75) is 45.3 Å². The summed E-state index contributed by atoms with van der Waals surface area (Å²) in [5, 5.41) is 0. The highest BCUT2D eigenvalue weighted by Gasteiger charge is 2.29. The number of fused-ring (bicyclic) bond motifs is 1. The van der Waals surface area contributed by atoms with Gasteiger partial charge >= 0.3 is 0 Å². The first kappa shape index (κ1) is 22.3. The zero-order valence-electron chi connectivity index (χ0n) is 19.8. The van der Waals surface area contributed by atoms with Crippen LogP contribution in [0, 0.1) is 0 Å². The van der Waals surface area contributed by atoms with Crippen LogP contribution < -0.4 is 14.2 Å². The summed E-state index contributed by atoms with van der Waals surface area (Å²) in [6, 6.07) is 17.7. The molecule has 0 spiro atoms. The molecule has 0 saturated carbocycles. The number of benzene rings is 2. The summed E-state index contributed by atoms with van der Waals surface area (Å²) in [5.74, 6) is 2.53. The van der Waals surface area contributed by atoms with E-state index in [0.717, 1.165) is 31.6 Å². The Labute approximate surface area is 191 Å². The molecule has 0 radical (unpaired) electrons. The quantitative estimate of drug-likeness (QED) is 0.483. The Morgan fingerprint density at radius 2 is 1.59 bits per heavy atom. The Balaban J connectivity index is 1.76. The molecule has 32 heavy (non-hydrogen) atoms. The Morgan fingerprint density at radius 3 is 2.19 bits per heavy atom. The predicted molar refractivity (Wildman–Crippen MR) is 128 cm³/mol. The standard InChI is InChI=1S/C27H34N2O3/c1-19(2)21-11-9-20(10-12-21)18-29-15-7-14-28-13-6-8-23(28)26(29)22-16-24(30-3)27(32-5)25(17-22)31-4/h6,8-13,16-17,19,26H,7,14-15,18H2,1-5H3. The molecule has 5 heteroatoms. The Morgan fingerprint density at radius 1 is 0.906 bits per heavy atom. The van der Waals surface area contributed by atoms with Crippen LogP contribution in [0.5, 0.6) is 17.2 Å². The third-order valence-corrected chi connectivity index (χ3v) is 6.39. The molecule has 0 fully saturated rings. The number of methoxy groups -OCH3 is 3. The van der Waals surface area contributed by atoms with Gasteiger partial charge in [-0.15, -0.1) is 0 Å². The van der Waals surface area contributed by atoms with Crippen molar-refractivity contribution in [1.82, 2.24) is 9.47 Å². The van der Waals surface area contributed by atoms with Gasteiger partial charge in [0.2, 0.25) is 5.75 Å². The summed E-state index contributed by atoms with van der Waals surface area (Å²) in [7, 11) is 4.99. The van der Waals surface area contributed by atoms with E-state index in [2.05, 4.69) is 78.0 Å². The topological polar surface area (TPSA) is 35.9 Å². The van der Waals surface area contributed by atoms with Crippen LogP contribution in [0.15, 0.2) is 54.7 Å². The van der Waals surface area contributed by atoms with Gasteiger partial charge in [0.1, 0.15) is 0 Å². The highest BCUT2D eigenvalue weighted by Crippen LogP contribution is 2.43. The van der Waals surface area contributed by atoms with E-state index >= 15 is 0 Å². The van der Waals surface area contributed by atoms with Gasteiger partial charge in [0.05, 0.1) is 27.4 Å². The molecular formula is C27H34N2O3. The third-order valence-electron chi connectivity index (χ3n) is 6.39. The predicted octanol–water partition coefficient (Wildman–Crippen LogP) is 5.63. The van der Waals surface area contributed by atoms with E-state index in [-0.39, 0.29) is 6.04 Å². The molecule has 4 rings (SSSR count). The van der Waals surface area contributed by atoms with E-state index in [0.29, 0.717) is 23.2 Å². The number of nitrogens with zero attached hydrogens (tertiary/aromatic N) is 2. The van der Waals surface area contributed by atoms with Crippen molar-refractivity contribution >= 4 is 0 Å². The normalized spacial score (nSPS) is 16.5. The molecule has 0 bridgehead atoms. The molecule has 170 valence electrons. The molecular weight excluding hydrogens is 400 g/mol. The van der Waals surface area contributed by atoms with Crippen LogP contribution in [0.2, 0.25) is 0 Å². The van der Waals surface area contributed by atoms with Gasteiger partial charge in [-0.1, -0.05) is 38.1 Å². The smallest absolute Gasteiger partial charge is 0.203 e. The third kappa shape index (κ3) is 4.35. The summed E-state index contributed by atoms with van der Waals surface area (Å²) < 4.78 is 19.3. The zero-order valence-corrected chi connectivity index (χ0v) is 19.8. The zero-order chi connectivity index (χ0) is 22.7. The monoisotopic (exact) mass is 434 g/mol. The molecule has 1 aliphatic heterocycles. The number of ether oxygens (including phenoxy) is 3. The summed E-state index contributed by atoms with van der Waals surface area (Å²) in [6.07, 6.45) is 3.29. The lowest BCUT2D eigenvalue weighted by molar-refractivity contribution is 0.219. The van der Waals surface area contributed by atoms with Crippen molar-refractivity contribution in [1.29, 1.82) is 0 Å². The minimum absolute atomic E-state index is 0.0889. The first-order chi connectivity index (χ1) is 15.5. The molecule has 0 N–H and O–H groups in total. The maximum atomic E-state index is 5.67. The van der Waals surface area contributed by atoms with Crippen LogP contribution in [-0.4, -0.2) is 37.3 Å². The molecule has 1 unspecified atom stereocenters. The SMILES string of the molecule is COc1cc(C2c3cccn3CCCN2Cc2ccc(C(C)C)cc2)cc(OC)c1OC. The summed E-state index contributed by atoms with van der Waals surface area (Å²) >= 11 is 0.